The Labute approximate surface area is 131 Å². The van der Waals surface area contributed by atoms with Crippen LogP contribution in [0.1, 0.15) is 15.9 Å². The zero-order valence-corrected chi connectivity index (χ0v) is 13.7. The smallest absolute Gasteiger partial charge is 0.202 e. The Kier molecular flexibility index (Phi) is 5.15. The van der Waals surface area contributed by atoms with Crippen molar-refractivity contribution in [2.45, 2.75) is 6.61 Å². The number of benzene rings is 1. The standard InChI is InChI=1S/C13H10Br2O3S/c14-12-5-10(13(15)19-12)11(17)7-18-9-3-1-8(6-16)2-4-9/h1-5,16H,6-7H2. The first kappa shape index (κ1) is 14.7. The molecule has 0 aliphatic heterocycles. The van der Waals surface area contributed by atoms with E-state index in [1.165, 1.54) is 11.3 Å². The maximum atomic E-state index is 12.0. The number of carbonyl (C=O) groups is 1. The third-order valence-corrected chi connectivity index (χ3v) is 4.77. The molecule has 0 bridgehead atoms. The highest BCUT2D eigenvalue weighted by Gasteiger charge is 2.14. The van der Waals surface area contributed by atoms with Gasteiger partial charge in [0.25, 0.3) is 0 Å². The SMILES string of the molecule is O=C(COc1ccc(CO)cc1)c1cc(Br)sc1Br. The van der Waals surface area contributed by atoms with Crippen LogP contribution in [0, 0.1) is 0 Å². The van der Waals surface area contributed by atoms with E-state index in [-0.39, 0.29) is 19.0 Å². The molecule has 0 aliphatic rings. The molecule has 1 aromatic carbocycles. The molecular formula is C13H10Br2O3S. The normalized spacial score (nSPS) is 10.5. The van der Waals surface area contributed by atoms with Crippen LogP contribution in [0.5, 0.6) is 5.75 Å². The highest BCUT2D eigenvalue weighted by atomic mass is 79.9. The van der Waals surface area contributed by atoms with E-state index in [9.17, 15) is 4.79 Å². The number of hydrogen-bond acceptors (Lipinski definition) is 4. The quantitative estimate of drug-likeness (QED) is 0.764. The molecule has 1 N–H and O–H groups in total. The molecule has 2 aromatic rings. The van der Waals surface area contributed by atoms with E-state index >= 15 is 0 Å². The summed E-state index contributed by atoms with van der Waals surface area (Å²) in [7, 11) is 0. The van der Waals surface area contributed by atoms with Crippen molar-refractivity contribution in [1.29, 1.82) is 0 Å². The highest BCUT2D eigenvalue weighted by molar-refractivity contribution is 9.12. The van der Waals surface area contributed by atoms with E-state index in [0.29, 0.717) is 11.3 Å². The monoisotopic (exact) mass is 404 g/mol. The van der Waals surface area contributed by atoms with Crippen molar-refractivity contribution in [2.75, 3.05) is 6.61 Å². The van der Waals surface area contributed by atoms with Crippen molar-refractivity contribution in [1.82, 2.24) is 0 Å². The van der Waals surface area contributed by atoms with Gasteiger partial charge in [-0.25, -0.2) is 0 Å². The Balaban J connectivity index is 1.98. The van der Waals surface area contributed by atoms with Gasteiger partial charge in [-0.2, -0.15) is 0 Å². The molecule has 1 aromatic heterocycles. The van der Waals surface area contributed by atoms with Gasteiger partial charge in [0.2, 0.25) is 5.78 Å². The maximum absolute atomic E-state index is 12.0. The molecule has 0 radical (unpaired) electrons. The summed E-state index contributed by atoms with van der Waals surface area (Å²) in [4.78, 5) is 12.0. The van der Waals surface area contributed by atoms with E-state index in [0.717, 1.165) is 13.1 Å². The predicted molar refractivity (Wildman–Crippen MR) is 81.9 cm³/mol. The minimum absolute atomic E-state index is 0.00487. The van der Waals surface area contributed by atoms with Crippen LogP contribution in [0.15, 0.2) is 37.9 Å². The van der Waals surface area contributed by atoms with Crippen LogP contribution in [-0.4, -0.2) is 17.5 Å². The van der Waals surface area contributed by atoms with Crippen molar-refractivity contribution in [3.05, 3.63) is 49.0 Å². The number of carbonyl (C=O) groups excluding carboxylic acids is 1. The van der Waals surface area contributed by atoms with E-state index in [4.69, 9.17) is 9.84 Å². The van der Waals surface area contributed by atoms with Gasteiger partial charge in [-0.1, -0.05) is 12.1 Å². The molecule has 0 amide bonds. The zero-order chi connectivity index (χ0) is 13.8. The lowest BCUT2D eigenvalue weighted by atomic mass is 10.2. The summed E-state index contributed by atoms with van der Waals surface area (Å²) in [6.07, 6.45) is 0. The van der Waals surface area contributed by atoms with E-state index in [2.05, 4.69) is 31.9 Å². The number of aliphatic hydroxyl groups is 1. The molecule has 3 nitrogen and oxygen atoms in total. The Morgan fingerprint density at radius 2 is 1.95 bits per heavy atom. The fraction of sp³-hybridized carbons (Fsp3) is 0.154. The Bertz CT molecular complexity index is 578. The second kappa shape index (κ2) is 6.65. The van der Waals surface area contributed by atoms with Gasteiger partial charge in [-0.05, 0) is 55.6 Å². The summed E-state index contributed by atoms with van der Waals surface area (Å²) in [6, 6.07) is 8.76. The summed E-state index contributed by atoms with van der Waals surface area (Å²) in [5.74, 6) is 0.524. The third-order valence-electron chi connectivity index (χ3n) is 2.43. The lowest BCUT2D eigenvalue weighted by Crippen LogP contribution is -2.11. The summed E-state index contributed by atoms with van der Waals surface area (Å²) < 4.78 is 7.12. The van der Waals surface area contributed by atoms with Crippen LogP contribution in [0.4, 0.5) is 0 Å². The predicted octanol–water partition coefficient (Wildman–Crippen LogP) is 4.03. The first-order valence-corrected chi connectivity index (χ1v) is 7.81. The number of ether oxygens (including phenoxy) is 1. The number of thiophene rings is 1. The molecule has 100 valence electrons. The molecule has 0 aliphatic carbocycles. The fourth-order valence-corrected chi connectivity index (χ4v) is 4.30. The van der Waals surface area contributed by atoms with E-state index < -0.39 is 0 Å². The lowest BCUT2D eigenvalue weighted by Gasteiger charge is -2.05. The second-order valence-corrected chi connectivity index (χ2v) is 7.50. The van der Waals surface area contributed by atoms with Crippen LogP contribution >= 0.6 is 43.2 Å². The minimum Gasteiger partial charge on any atom is -0.485 e. The number of ketones is 1. The van der Waals surface area contributed by atoms with Gasteiger partial charge in [0.05, 0.1) is 14.2 Å². The van der Waals surface area contributed by atoms with Crippen molar-refractivity contribution in [2.24, 2.45) is 0 Å². The average molecular weight is 406 g/mol. The average Bonchev–Trinajstić information content (AvgIpc) is 2.75. The molecule has 1 heterocycles. The van der Waals surface area contributed by atoms with Crippen LogP contribution in [0.25, 0.3) is 0 Å². The van der Waals surface area contributed by atoms with Gasteiger partial charge in [0.15, 0.2) is 6.61 Å². The molecule has 0 saturated heterocycles. The molecule has 19 heavy (non-hydrogen) atoms. The van der Waals surface area contributed by atoms with E-state index in [1.54, 1.807) is 30.3 Å². The van der Waals surface area contributed by atoms with Gasteiger partial charge >= 0.3 is 0 Å². The van der Waals surface area contributed by atoms with Gasteiger partial charge in [-0.15, -0.1) is 11.3 Å². The summed E-state index contributed by atoms with van der Waals surface area (Å²) in [5.41, 5.74) is 1.42. The maximum Gasteiger partial charge on any atom is 0.202 e. The molecular weight excluding hydrogens is 396 g/mol. The zero-order valence-electron chi connectivity index (χ0n) is 9.73. The Morgan fingerprint density at radius 3 is 2.47 bits per heavy atom. The van der Waals surface area contributed by atoms with Crippen LogP contribution in [0.3, 0.4) is 0 Å². The van der Waals surface area contributed by atoms with Crippen molar-refractivity contribution < 1.29 is 14.6 Å². The molecule has 2 rings (SSSR count). The number of aliphatic hydroxyl groups excluding tert-OH is 1. The minimum atomic E-state index is -0.0833. The van der Waals surface area contributed by atoms with Crippen LogP contribution in [-0.2, 0) is 6.61 Å². The third kappa shape index (κ3) is 3.89. The van der Waals surface area contributed by atoms with Gasteiger partial charge in [0.1, 0.15) is 5.75 Å². The largest absolute Gasteiger partial charge is 0.485 e. The van der Waals surface area contributed by atoms with Gasteiger partial charge < -0.3 is 9.84 Å². The van der Waals surface area contributed by atoms with Crippen molar-refractivity contribution in [3.63, 3.8) is 0 Å². The highest BCUT2D eigenvalue weighted by Crippen LogP contribution is 2.32. The first-order chi connectivity index (χ1) is 9.10. The lowest BCUT2D eigenvalue weighted by molar-refractivity contribution is 0.0921. The van der Waals surface area contributed by atoms with Crippen LogP contribution in [0.2, 0.25) is 0 Å². The summed E-state index contributed by atoms with van der Waals surface area (Å²) in [6.45, 7) is -0.0185. The summed E-state index contributed by atoms with van der Waals surface area (Å²) >= 11 is 8.14. The van der Waals surface area contributed by atoms with Crippen LogP contribution < -0.4 is 4.74 Å². The summed E-state index contributed by atoms with van der Waals surface area (Å²) in [5, 5.41) is 8.92. The van der Waals surface area contributed by atoms with Gasteiger partial charge in [-0.3, -0.25) is 4.79 Å². The van der Waals surface area contributed by atoms with Crippen molar-refractivity contribution in [3.8, 4) is 5.75 Å². The number of hydrogen-bond donors (Lipinski definition) is 1. The Hall–Kier alpha value is -0.690. The van der Waals surface area contributed by atoms with Crippen molar-refractivity contribution >= 4 is 49.0 Å². The fourth-order valence-electron chi connectivity index (χ4n) is 1.45. The second-order valence-electron chi connectivity index (χ2n) is 3.75. The molecule has 0 saturated carbocycles. The Morgan fingerprint density at radius 1 is 1.26 bits per heavy atom. The molecule has 0 fully saturated rings. The molecule has 0 unspecified atom stereocenters. The first-order valence-electron chi connectivity index (χ1n) is 5.41. The molecule has 6 heteroatoms. The topological polar surface area (TPSA) is 46.5 Å². The number of rotatable bonds is 5. The number of halogens is 2. The molecule has 0 atom stereocenters. The molecule has 0 spiro atoms. The van der Waals surface area contributed by atoms with E-state index in [1.807, 2.05) is 0 Å². The van der Waals surface area contributed by atoms with Gasteiger partial charge in [0, 0.05) is 5.56 Å². The number of Topliss-reactive ketones (excluding diaryl/α,β-unsaturated/α-hetero) is 1.